The molecule has 1 saturated carbocycles. The minimum atomic E-state index is -0.140. The molecule has 0 spiro atoms. The summed E-state index contributed by atoms with van der Waals surface area (Å²) in [7, 11) is 0. The third kappa shape index (κ3) is 1.57. The predicted molar refractivity (Wildman–Crippen MR) is 72.3 cm³/mol. The Balaban J connectivity index is 2.02. The second kappa shape index (κ2) is 4.23. The van der Waals surface area contributed by atoms with E-state index in [9.17, 15) is 4.39 Å². The molecule has 1 aromatic carbocycles. The van der Waals surface area contributed by atoms with Crippen molar-refractivity contribution < 1.29 is 4.39 Å². The molecule has 2 nitrogen and oxygen atoms in total. The van der Waals surface area contributed by atoms with Gasteiger partial charge in [-0.15, -0.1) is 0 Å². The fraction of sp³-hybridized carbons (Fsp3) is 0.600. The van der Waals surface area contributed by atoms with Crippen molar-refractivity contribution in [1.29, 1.82) is 0 Å². The highest BCUT2D eigenvalue weighted by atomic mass is 19.1. The normalized spacial score (nSPS) is 30.8. The van der Waals surface area contributed by atoms with Crippen LogP contribution < -0.4 is 10.6 Å². The Morgan fingerprint density at radius 2 is 2.33 bits per heavy atom. The van der Waals surface area contributed by atoms with Crippen molar-refractivity contribution in [3.05, 3.63) is 29.6 Å². The van der Waals surface area contributed by atoms with Gasteiger partial charge in [-0.1, -0.05) is 19.4 Å². The lowest BCUT2D eigenvalue weighted by atomic mass is 9.86. The largest absolute Gasteiger partial charge is 0.364 e. The molecule has 1 aliphatic heterocycles. The molecule has 1 aromatic rings. The highest BCUT2D eigenvalue weighted by Gasteiger charge is 2.45. The Labute approximate surface area is 108 Å². The summed E-state index contributed by atoms with van der Waals surface area (Å²) in [5.41, 5.74) is 8.50. The fourth-order valence-corrected chi connectivity index (χ4v) is 3.86. The SMILES string of the molecule is CC1CCCC1(CN)N1CCc2ccc(F)cc21. The van der Waals surface area contributed by atoms with E-state index in [4.69, 9.17) is 5.73 Å². The van der Waals surface area contributed by atoms with Crippen LogP contribution >= 0.6 is 0 Å². The van der Waals surface area contributed by atoms with Gasteiger partial charge in [-0.25, -0.2) is 4.39 Å². The van der Waals surface area contributed by atoms with Crippen LogP contribution in [0.4, 0.5) is 10.1 Å². The lowest BCUT2D eigenvalue weighted by Crippen LogP contribution is -2.55. The molecule has 1 heterocycles. The van der Waals surface area contributed by atoms with Gasteiger partial charge in [0.15, 0.2) is 0 Å². The predicted octanol–water partition coefficient (Wildman–Crippen LogP) is 2.71. The van der Waals surface area contributed by atoms with Crippen molar-refractivity contribution in [2.75, 3.05) is 18.0 Å². The van der Waals surface area contributed by atoms with E-state index in [0.29, 0.717) is 12.5 Å². The van der Waals surface area contributed by atoms with Crippen LogP contribution in [0.1, 0.15) is 31.7 Å². The maximum absolute atomic E-state index is 13.5. The second-order valence-electron chi connectivity index (χ2n) is 5.78. The molecule has 98 valence electrons. The monoisotopic (exact) mass is 248 g/mol. The first-order chi connectivity index (χ1) is 8.67. The van der Waals surface area contributed by atoms with Gasteiger partial charge in [0.25, 0.3) is 0 Å². The molecule has 3 heteroatoms. The molecule has 0 aromatic heterocycles. The summed E-state index contributed by atoms with van der Waals surface area (Å²) in [6.07, 6.45) is 4.63. The highest BCUT2D eigenvalue weighted by Crippen LogP contribution is 2.45. The van der Waals surface area contributed by atoms with Gasteiger partial charge in [-0.3, -0.25) is 0 Å². The molecule has 0 bridgehead atoms. The van der Waals surface area contributed by atoms with Crippen molar-refractivity contribution in [1.82, 2.24) is 0 Å². The van der Waals surface area contributed by atoms with Gasteiger partial charge in [-0.2, -0.15) is 0 Å². The van der Waals surface area contributed by atoms with Gasteiger partial charge in [-0.05, 0) is 42.9 Å². The van der Waals surface area contributed by atoms with E-state index >= 15 is 0 Å². The molecule has 2 aliphatic rings. The minimum absolute atomic E-state index is 0.0546. The average molecular weight is 248 g/mol. The number of hydrogen-bond donors (Lipinski definition) is 1. The summed E-state index contributed by atoms with van der Waals surface area (Å²) in [6.45, 7) is 3.95. The summed E-state index contributed by atoms with van der Waals surface area (Å²) in [4.78, 5) is 2.39. The van der Waals surface area contributed by atoms with Crippen LogP contribution in [0.3, 0.4) is 0 Å². The molecule has 2 N–H and O–H groups in total. The first-order valence-corrected chi connectivity index (χ1v) is 6.93. The molecule has 1 aliphatic carbocycles. The van der Waals surface area contributed by atoms with E-state index in [1.807, 2.05) is 6.07 Å². The van der Waals surface area contributed by atoms with Crippen LogP contribution in [0.2, 0.25) is 0 Å². The molecule has 0 amide bonds. The van der Waals surface area contributed by atoms with E-state index in [-0.39, 0.29) is 11.4 Å². The zero-order chi connectivity index (χ0) is 12.8. The van der Waals surface area contributed by atoms with Crippen LogP contribution in [0.25, 0.3) is 0 Å². The topological polar surface area (TPSA) is 29.3 Å². The van der Waals surface area contributed by atoms with E-state index in [1.165, 1.54) is 18.4 Å². The molecule has 1 fully saturated rings. The summed E-state index contributed by atoms with van der Waals surface area (Å²) >= 11 is 0. The summed E-state index contributed by atoms with van der Waals surface area (Å²) < 4.78 is 13.5. The Hall–Kier alpha value is -1.09. The zero-order valence-electron chi connectivity index (χ0n) is 11.0. The van der Waals surface area contributed by atoms with Crippen LogP contribution in [0, 0.1) is 11.7 Å². The Kier molecular flexibility index (Phi) is 2.81. The first kappa shape index (κ1) is 12.0. The molecule has 2 atom stereocenters. The van der Waals surface area contributed by atoms with E-state index in [2.05, 4.69) is 11.8 Å². The summed E-state index contributed by atoms with van der Waals surface area (Å²) in [5.74, 6) is 0.454. The number of hydrogen-bond acceptors (Lipinski definition) is 2. The lowest BCUT2D eigenvalue weighted by molar-refractivity contribution is 0.323. The maximum Gasteiger partial charge on any atom is 0.125 e. The Morgan fingerprint density at radius 1 is 1.50 bits per heavy atom. The van der Waals surface area contributed by atoms with Gasteiger partial charge in [0.05, 0.1) is 5.54 Å². The number of nitrogens with two attached hydrogens (primary N) is 1. The fourth-order valence-electron chi connectivity index (χ4n) is 3.86. The molecular formula is C15H21FN2. The number of nitrogens with zero attached hydrogens (tertiary/aromatic N) is 1. The summed E-state index contributed by atoms with van der Waals surface area (Å²) in [5, 5.41) is 0. The van der Waals surface area contributed by atoms with Crippen LogP contribution in [-0.4, -0.2) is 18.6 Å². The highest BCUT2D eigenvalue weighted by molar-refractivity contribution is 5.60. The number of anilines is 1. The number of rotatable bonds is 2. The van der Waals surface area contributed by atoms with Gasteiger partial charge in [0.1, 0.15) is 5.82 Å². The van der Waals surface area contributed by atoms with E-state index in [0.717, 1.165) is 25.1 Å². The minimum Gasteiger partial charge on any atom is -0.364 e. The molecule has 2 unspecified atom stereocenters. The average Bonchev–Trinajstić information content (AvgIpc) is 2.93. The number of halogens is 1. The molecular weight excluding hydrogens is 227 g/mol. The third-order valence-electron chi connectivity index (χ3n) is 5.00. The van der Waals surface area contributed by atoms with Crippen LogP contribution in [-0.2, 0) is 6.42 Å². The van der Waals surface area contributed by atoms with Gasteiger partial charge >= 0.3 is 0 Å². The second-order valence-corrected chi connectivity index (χ2v) is 5.78. The molecule has 18 heavy (non-hydrogen) atoms. The smallest absolute Gasteiger partial charge is 0.125 e. The molecule has 3 rings (SSSR count). The third-order valence-corrected chi connectivity index (χ3v) is 5.00. The van der Waals surface area contributed by atoms with Crippen LogP contribution in [0.5, 0.6) is 0 Å². The van der Waals surface area contributed by atoms with Gasteiger partial charge in [0.2, 0.25) is 0 Å². The molecule has 0 radical (unpaired) electrons. The van der Waals surface area contributed by atoms with Gasteiger partial charge < -0.3 is 10.6 Å². The Morgan fingerprint density at radius 3 is 3.00 bits per heavy atom. The maximum atomic E-state index is 13.5. The first-order valence-electron chi connectivity index (χ1n) is 6.93. The van der Waals surface area contributed by atoms with Crippen molar-refractivity contribution in [3.63, 3.8) is 0 Å². The zero-order valence-corrected chi connectivity index (χ0v) is 11.0. The van der Waals surface area contributed by atoms with Crippen molar-refractivity contribution in [2.24, 2.45) is 11.7 Å². The lowest BCUT2D eigenvalue weighted by Gasteiger charge is -2.43. The quantitative estimate of drug-likeness (QED) is 0.872. The summed E-state index contributed by atoms with van der Waals surface area (Å²) in [6, 6.07) is 5.18. The van der Waals surface area contributed by atoms with Crippen molar-refractivity contribution >= 4 is 5.69 Å². The Bertz CT molecular complexity index is 460. The number of fused-ring (bicyclic) bond motifs is 1. The van der Waals surface area contributed by atoms with E-state index in [1.54, 1.807) is 12.1 Å². The standard InChI is InChI=1S/C15H21FN2/c1-11-3-2-7-15(11,10-17)18-8-6-12-4-5-13(16)9-14(12)18/h4-5,9,11H,2-3,6-8,10,17H2,1H3. The molecule has 0 saturated heterocycles. The van der Waals surface area contributed by atoms with Crippen molar-refractivity contribution in [2.45, 2.75) is 38.1 Å². The van der Waals surface area contributed by atoms with Gasteiger partial charge in [0, 0.05) is 18.8 Å². The number of benzene rings is 1. The van der Waals surface area contributed by atoms with Crippen molar-refractivity contribution in [3.8, 4) is 0 Å². The van der Waals surface area contributed by atoms with E-state index < -0.39 is 0 Å². The van der Waals surface area contributed by atoms with Crippen LogP contribution in [0.15, 0.2) is 18.2 Å².